The van der Waals surface area contributed by atoms with Gasteiger partial charge in [0.2, 0.25) is 5.88 Å². The van der Waals surface area contributed by atoms with E-state index in [1.54, 1.807) is 13.4 Å². The Morgan fingerprint density at radius 3 is 2.56 bits per heavy atom. The molecule has 0 bridgehead atoms. The van der Waals surface area contributed by atoms with Gasteiger partial charge in [-0.2, -0.15) is 0 Å². The highest BCUT2D eigenvalue weighted by Gasteiger charge is 2.34. The Hall–Kier alpha value is -4.38. The molecule has 0 aliphatic carbocycles. The van der Waals surface area contributed by atoms with Crippen molar-refractivity contribution in [2.75, 3.05) is 12.4 Å². The zero-order chi connectivity index (χ0) is 23.1. The Morgan fingerprint density at radius 1 is 0.882 bits per heavy atom. The molecule has 0 amide bonds. The lowest BCUT2D eigenvalue weighted by atomic mass is 9.82. The van der Waals surface area contributed by atoms with Crippen LogP contribution in [0.3, 0.4) is 0 Å². The predicted octanol–water partition coefficient (Wildman–Crippen LogP) is 6.98. The van der Waals surface area contributed by atoms with Gasteiger partial charge in [0.05, 0.1) is 12.7 Å². The number of benzene rings is 4. The van der Waals surface area contributed by atoms with Crippen molar-refractivity contribution < 1.29 is 9.47 Å². The Labute approximate surface area is 198 Å². The first-order valence-electron chi connectivity index (χ1n) is 11.2. The molecule has 0 fully saturated rings. The number of hydrogen-bond donors (Lipinski definition) is 1. The maximum absolute atomic E-state index is 6.47. The van der Waals surface area contributed by atoms with Crippen LogP contribution >= 0.6 is 0 Å². The van der Waals surface area contributed by atoms with Crippen molar-refractivity contribution in [2.24, 2.45) is 0 Å². The van der Waals surface area contributed by atoms with Crippen LogP contribution in [0.2, 0.25) is 0 Å². The van der Waals surface area contributed by atoms with Crippen molar-refractivity contribution in [3.63, 3.8) is 0 Å². The third kappa shape index (κ3) is 3.42. The molecule has 1 aliphatic rings. The summed E-state index contributed by atoms with van der Waals surface area (Å²) in [6.07, 6.45) is 1.55. The van der Waals surface area contributed by atoms with Crippen LogP contribution in [-0.4, -0.2) is 17.1 Å². The summed E-state index contributed by atoms with van der Waals surface area (Å²) >= 11 is 0. The molecule has 5 aromatic rings. The van der Waals surface area contributed by atoms with Gasteiger partial charge in [-0.15, -0.1) is 0 Å². The number of fused-ring (bicyclic) bond motifs is 4. The van der Waals surface area contributed by atoms with Gasteiger partial charge in [0.25, 0.3) is 0 Å². The highest BCUT2D eigenvalue weighted by molar-refractivity contribution is 5.91. The molecule has 0 saturated heterocycles. The van der Waals surface area contributed by atoms with Crippen LogP contribution in [0.5, 0.6) is 17.4 Å². The van der Waals surface area contributed by atoms with E-state index in [4.69, 9.17) is 9.47 Å². The monoisotopic (exact) mass is 445 g/mol. The second-order valence-corrected chi connectivity index (χ2v) is 8.45. The molecule has 2 heterocycles. The molecule has 166 valence electrons. The van der Waals surface area contributed by atoms with Crippen LogP contribution < -0.4 is 14.8 Å². The minimum atomic E-state index is -0.109. The van der Waals surface area contributed by atoms with E-state index in [2.05, 4.69) is 70.7 Å². The molecule has 0 radical (unpaired) electrons. The van der Waals surface area contributed by atoms with Crippen molar-refractivity contribution in [1.82, 2.24) is 9.97 Å². The Bertz CT molecular complexity index is 1510. The standard InChI is InChI=1S/C29H23N3O2/c1-18-6-5-8-21(16-18)32-28-26-25(20-10-13-22(33-2)14-11-20)24-15-12-19-7-3-4-9-23(19)27(24)34-29(26)31-17-30-28/h3-17,25H,1-2H3,(H,30,31,32). The number of aromatic nitrogens is 2. The van der Waals surface area contributed by atoms with E-state index in [0.717, 1.165) is 50.5 Å². The van der Waals surface area contributed by atoms with Crippen LogP contribution in [0.4, 0.5) is 11.5 Å². The zero-order valence-corrected chi connectivity index (χ0v) is 18.9. The van der Waals surface area contributed by atoms with Gasteiger partial charge >= 0.3 is 0 Å². The van der Waals surface area contributed by atoms with Gasteiger partial charge < -0.3 is 14.8 Å². The van der Waals surface area contributed by atoms with Crippen LogP contribution in [0.15, 0.2) is 91.3 Å². The van der Waals surface area contributed by atoms with E-state index in [-0.39, 0.29) is 5.92 Å². The van der Waals surface area contributed by atoms with Crippen molar-refractivity contribution in [1.29, 1.82) is 0 Å². The largest absolute Gasteiger partial charge is 0.497 e. The van der Waals surface area contributed by atoms with Crippen LogP contribution in [0.1, 0.15) is 28.2 Å². The van der Waals surface area contributed by atoms with Crippen molar-refractivity contribution >= 4 is 22.3 Å². The summed E-state index contributed by atoms with van der Waals surface area (Å²) in [5, 5.41) is 5.70. The Morgan fingerprint density at radius 2 is 1.74 bits per heavy atom. The van der Waals surface area contributed by atoms with E-state index in [1.165, 1.54) is 5.56 Å². The number of methoxy groups -OCH3 is 1. The van der Waals surface area contributed by atoms with Gasteiger partial charge in [0, 0.05) is 22.6 Å². The molecule has 1 aromatic heterocycles. The molecule has 0 saturated carbocycles. The van der Waals surface area contributed by atoms with E-state index < -0.39 is 0 Å². The van der Waals surface area contributed by atoms with Gasteiger partial charge in [-0.3, -0.25) is 0 Å². The second-order valence-electron chi connectivity index (χ2n) is 8.45. The van der Waals surface area contributed by atoms with E-state index in [9.17, 15) is 0 Å². The summed E-state index contributed by atoms with van der Waals surface area (Å²) in [4.78, 5) is 9.19. The average Bonchev–Trinajstić information content (AvgIpc) is 2.87. The number of nitrogens with one attached hydrogen (secondary N) is 1. The number of aryl methyl sites for hydroxylation is 1. The van der Waals surface area contributed by atoms with E-state index in [1.807, 2.05) is 36.4 Å². The fourth-order valence-corrected chi connectivity index (χ4v) is 4.68. The van der Waals surface area contributed by atoms with E-state index in [0.29, 0.717) is 5.88 Å². The summed E-state index contributed by atoms with van der Waals surface area (Å²) in [7, 11) is 1.68. The Balaban J connectivity index is 1.57. The highest BCUT2D eigenvalue weighted by Crippen LogP contribution is 2.51. The molecular formula is C29H23N3O2. The van der Waals surface area contributed by atoms with Crippen LogP contribution in [0, 0.1) is 6.92 Å². The third-order valence-electron chi connectivity index (χ3n) is 6.29. The van der Waals surface area contributed by atoms with Gasteiger partial charge in [-0.05, 0) is 47.7 Å². The molecule has 1 aliphatic heterocycles. The molecule has 5 heteroatoms. The SMILES string of the molecule is COc1ccc(C2c3ccc4ccccc4c3Oc3ncnc(Nc4cccc(C)c4)c32)cc1. The smallest absolute Gasteiger partial charge is 0.228 e. The minimum Gasteiger partial charge on any atom is -0.497 e. The molecule has 1 unspecified atom stereocenters. The van der Waals surface area contributed by atoms with Gasteiger partial charge in [-0.25, -0.2) is 9.97 Å². The lowest BCUT2D eigenvalue weighted by Gasteiger charge is -2.30. The molecule has 4 aromatic carbocycles. The second kappa shape index (κ2) is 8.19. The van der Waals surface area contributed by atoms with E-state index >= 15 is 0 Å². The first-order chi connectivity index (χ1) is 16.7. The average molecular weight is 446 g/mol. The minimum absolute atomic E-state index is 0.109. The van der Waals surface area contributed by atoms with Gasteiger partial charge in [0.15, 0.2) is 0 Å². The highest BCUT2D eigenvalue weighted by atomic mass is 16.5. The fourth-order valence-electron chi connectivity index (χ4n) is 4.68. The van der Waals surface area contributed by atoms with Crippen molar-refractivity contribution in [3.8, 4) is 17.4 Å². The van der Waals surface area contributed by atoms with Crippen LogP contribution in [0.25, 0.3) is 10.8 Å². The normalized spacial score (nSPS) is 14.1. The van der Waals surface area contributed by atoms with Gasteiger partial charge in [-0.1, -0.05) is 60.7 Å². The molecule has 1 atom stereocenters. The summed E-state index contributed by atoms with van der Waals surface area (Å²) in [6.45, 7) is 2.07. The lowest BCUT2D eigenvalue weighted by Crippen LogP contribution is -2.16. The quantitative estimate of drug-likeness (QED) is 0.317. The van der Waals surface area contributed by atoms with Crippen LogP contribution in [-0.2, 0) is 0 Å². The molecule has 1 N–H and O–H groups in total. The number of anilines is 2. The van der Waals surface area contributed by atoms with Crippen molar-refractivity contribution in [2.45, 2.75) is 12.8 Å². The zero-order valence-electron chi connectivity index (χ0n) is 18.9. The lowest BCUT2D eigenvalue weighted by molar-refractivity contribution is 0.414. The molecule has 6 rings (SSSR count). The molecular weight excluding hydrogens is 422 g/mol. The predicted molar refractivity (Wildman–Crippen MR) is 134 cm³/mol. The summed E-state index contributed by atoms with van der Waals surface area (Å²) in [6, 6.07) is 29.0. The topological polar surface area (TPSA) is 56.3 Å². The van der Waals surface area contributed by atoms with Crippen molar-refractivity contribution in [3.05, 3.63) is 114 Å². The maximum Gasteiger partial charge on any atom is 0.228 e. The molecule has 34 heavy (non-hydrogen) atoms. The maximum atomic E-state index is 6.47. The number of ether oxygens (including phenoxy) is 2. The fraction of sp³-hybridized carbons (Fsp3) is 0.103. The number of nitrogens with zero attached hydrogens (tertiary/aromatic N) is 2. The first-order valence-corrected chi connectivity index (χ1v) is 11.2. The molecule has 5 nitrogen and oxygen atoms in total. The number of hydrogen-bond acceptors (Lipinski definition) is 5. The number of rotatable bonds is 4. The summed E-state index contributed by atoms with van der Waals surface area (Å²) in [5.41, 5.74) is 5.26. The summed E-state index contributed by atoms with van der Waals surface area (Å²) in [5.74, 6) is 2.84. The first kappa shape index (κ1) is 20.2. The third-order valence-corrected chi connectivity index (χ3v) is 6.29. The Kier molecular flexibility index (Phi) is 4.88. The van der Waals surface area contributed by atoms with Gasteiger partial charge in [0.1, 0.15) is 23.6 Å². The molecule has 0 spiro atoms. The summed E-state index contributed by atoms with van der Waals surface area (Å²) < 4.78 is 11.9.